The summed E-state index contributed by atoms with van der Waals surface area (Å²) in [6, 6.07) is 3.49. The lowest BCUT2D eigenvalue weighted by Gasteiger charge is -2.26. The zero-order valence-electron chi connectivity index (χ0n) is 11.1. The Balaban J connectivity index is 2.34. The van der Waals surface area contributed by atoms with E-state index >= 15 is 0 Å². The molecule has 0 aromatic heterocycles. The molecule has 0 radical (unpaired) electrons. The number of nitrogen functional groups attached to an aromatic ring is 1. The van der Waals surface area contributed by atoms with Crippen molar-refractivity contribution in [3.63, 3.8) is 0 Å². The first kappa shape index (κ1) is 14.3. The molecule has 0 spiro atoms. The molecule has 1 aromatic rings. The summed E-state index contributed by atoms with van der Waals surface area (Å²) in [4.78, 5) is -0.0337. The van der Waals surface area contributed by atoms with Crippen molar-refractivity contribution in [1.82, 2.24) is 4.31 Å². The van der Waals surface area contributed by atoms with E-state index in [9.17, 15) is 12.8 Å². The minimum atomic E-state index is -3.66. The molecule has 0 aliphatic heterocycles. The lowest BCUT2D eigenvalue weighted by Crippen LogP contribution is -2.38. The second-order valence-corrected chi connectivity index (χ2v) is 7.19. The molecular formula is C13H19FN2O2S. The maximum atomic E-state index is 13.4. The Morgan fingerprint density at radius 3 is 2.53 bits per heavy atom. The van der Waals surface area contributed by atoms with Crippen molar-refractivity contribution in [1.29, 1.82) is 0 Å². The number of nitrogens with two attached hydrogens (primary N) is 1. The number of rotatable bonds is 5. The second kappa shape index (κ2) is 5.09. The van der Waals surface area contributed by atoms with Gasteiger partial charge in [0.05, 0.1) is 10.6 Å². The Labute approximate surface area is 113 Å². The maximum Gasteiger partial charge on any atom is 0.243 e. The number of halogens is 1. The molecule has 4 nitrogen and oxygen atoms in total. The number of hydrogen-bond donors (Lipinski definition) is 1. The molecule has 2 N–H and O–H groups in total. The Morgan fingerprint density at radius 1 is 1.42 bits per heavy atom. The lowest BCUT2D eigenvalue weighted by atomic mass is 10.3. The van der Waals surface area contributed by atoms with Gasteiger partial charge >= 0.3 is 0 Å². The van der Waals surface area contributed by atoms with E-state index in [0.29, 0.717) is 12.5 Å². The van der Waals surface area contributed by atoms with Crippen LogP contribution in [0.4, 0.5) is 10.1 Å². The van der Waals surface area contributed by atoms with Gasteiger partial charge in [0.15, 0.2) is 0 Å². The van der Waals surface area contributed by atoms with E-state index in [1.54, 1.807) is 0 Å². The number of anilines is 1. The average Bonchev–Trinajstić information content (AvgIpc) is 3.12. The van der Waals surface area contributed by atoms with Crippen molar-refractivity contribution in [2.24, 2.45) is 5.92 Å². The minimum absolute atomic E-state index is 0.0337. The molecule has 106 valence electrons. The molecular weight excluding hydrogens is 267 g/mol. The predicted molar refractivity (Wildman–Crippen MR) is 72.6 cm³/mol. The summed E-state index contributed by atoms with van der Waals surface area (Å²) in [5.74, 6) is -0.257. The molecule has 0 bridgehead atoms. The number of sulfonamides is 1. The van der Waals surface area contributed by atoms with Gasteiger partial charge in [0.25, 0.3) is 0 Å². The Bertz CT molecular complexity index is 568. The standard InChI is InChI=1S/C13H19FN2O2S/c1-9(2)16(8-10-3-4-10)19(17,18)11-5-6-13(15)12(14)7-11/h5-7,9-10H,3-4,8,15H2,1-2H3. The van der Waals surface area contributed by atoms with Gasteiger partial charge in [0.2, 0.25) is 10.0 Å². The van der Waals surface area contributed by atoms with Gasteiger partial charge < -0.3 is 5.73 Å². The first-order valence-electron chi connectivity index (χ1n) is 6.39. The van der Waals surface area contributed by atoms with E-state index in [-0.39, 0.29) is 16.6 Å². The minimum Gasteiger partial charge on any atom is -0.396 e. The van der Waals surface area contributed by atoms with E-state index in [4.69, 9.17) is 5.73 Å². The number of benzene rings is 1. The van der Waals surface area contributed by atoms with Crippen LogP contribution in [-0.4, -0.2) is 25.3 Å². The van der Waals surface area contributed by atoms with Gasteiger partial charge in [-0.05, 0) is 50.8 Å². The topological polar surface area (TPSA) is 63.4 Å². The highest BCUT2D eigenvalue weighted by molar-refractivity contribution is 7.89. The molecule has 0 amide bonds. The predicted octanol–water partition coefficient (Wildman–Crippen LogP) is 2.22. The number of hydrogen-bond acceptors (Lipinski definition) is 3. The Hall–Kier alpha value is -1.14. The van der Waals surface area contributed by atoms with Crippen LogP contribution in [-0.2, 0) is 10.0 Å². The zero-order chi connectivity index (χ0) is 14.2. The van der Waals surface area contributed by atoms with Gasteiger partial charge in [-0.3, -0.25) is 0 Å². The van der Waals surface area contributed by atoms with Crippen LogP contribution >= 0.6 is 0 Å². The molecule has 0 saturated heterocycles. The van der Waals surface area contributed by atoms with Crippen LogP contribution in [0.2, 0.25) is 0 Å². The van der Waals surface area contributed by atoms with Gasteiger partial charge in [0, 0.05) is 12.6 Å². The summed E-state index contributed by atoms with van der Waals surface area (Å²) in [7, 11) is -3.66. The highest BCUT2D eigenvalue weighted by atomic mass is 32.2. The summed E-state index contributed by atoms with van der Waals surface area (Å²) in [5.41, 5.74) is 5.33. The smallest absolute Gasteiger partial charge is 0.243 e. The van der Waals surface area contributed by atoms with E-state index in [2.05, 4.69) is 0 Å². The molecule has 2 rings (SSSR count). The van der Waals surface area contributed by atoms with Crippen molar-refractivity contribution in [3.8, 4) is 0 Å². The summed E-state index contributed by atoms with van der Waals surface area (Å²) in [5, 5.41) is 0. The molecule has 6 heteroatoms. The summed E-state index contributed by atoms with van der Waals surface area (Å²) >= 11 is 0. The van der Waals surface area contributed by atoms with Crippen LogP contribution in [0.3, 0.4) is 0 Å². The van der Waals surface area contributed by atoms with Crippen LogP contribution in [0.25, 0.3) is 0 Å². The molecule has 19 heavy (non-hydrogen) atoms. The van der Waals surface area contributed by atoms with Gasteiger partial charge in [-0.15, -0.1) is 0 Å². The third-order valence-electron chi connectivity index (χ3n) is 3.29. The largest absolute Gasteiger partial charge is 0.396 e. The normalized spacial score (nSPS) is 16.3. The number of nitrogens with zero attached hydrogens (tertiary/aromatic N) is 1. The Morgan fingerprint density at radius 2 is 2.05 bits per heavy atom. The first-order valence-corrected chi connectivity index (χ1v) is 7.83. The molecule has 1 saturated carbocycles. The summed E-state index contributed by atoms with van der Waals surface area (Å²) < 4.78 is 39.9. The molecule has 1 aliphatic rings. The molecule has 1 aromatic carbocycles. The highest BCUT2D eigenvalue weighted by Gasteiger charge is 2.33. The second-order valence-electron chi connectivity index (χ2n) is 5.30. The highest BCUT2D eigenvalue weighted by Crippen LogP contribution is 2.32. The fraction of sp³-hybridized carbons (Fsp3) is 0.538. The fourth-order valence-electron chi connectivity index (χ4n) is 1.95. The molecule has 0 heterocycles. The molecule has 0 atom stereocenters. The van der Waals surface area contributed by atoms with Gasteiger partial charge in [0.1, 0.15) is 5.82 Å². The van der Waals surface area contributed by atoms with Gasteiger partial charge in [-0.25, -0.2) is 12.8 Å². The molecule has 1 fully saturated rings. The molecule has 0 unspecified atom stereocenters. The van der Waals surface area contributed by atoms with Gasteiger partial charge in [-0.1, -0.05) is 0 Å². The Kier molecular flexibility index (Phi) is 3.82. The summed E-state index contributed by atoms with van der Waals surface area (Å²) in [6.45, 7) is 4.16. The first-order chi connectivity index (χ1) is 8.82. The van der Waals surface area contributed by atoms with E-state index < -0.39 is 15.8 Å². The molecule has 1 aliphatic carbocycles. The van der Waals surface area contributed by atoms with Crippen molar-refractivity contribution in [2.45, 2.75) is 37.6 Å². The van der Waals surface area contributed by atoms with E-state index in [1.807, 2.05) is 13.8 Å². The zero-order valence-corrected chi connectivity index (χ0v) is 12.0. The summed E-state index contributed by atoms with van der Waals surface area (Å²) in [6.07, 6.45) is 2.13. The third kappa shape index (κ3) is 3.06. The van der Waals surface area contributed by atoms with Crippen molar-refractivity contribution in [2.75, 3.05) is 12.3 Å². The van der Waals surface area contributed by atoms with Gasteiger partial charge in [-0.2, -0.15) is 4.31 Å². The maximum absolute atomic E-state index is 13.4. The van der Waals surface area contributed by atoms with Crippen LogP contribution in [0.5, 0.6) is 0 Å². The van der Waals surface area contributed by atoms with E-state index in [0.717, 1.165) is 18.9 Å². The van der Waals surface area contributed by atoms with Crippen LogP contribution < -0.4 is 5.73 Å². The van der Waals surface area contributed by atoms with Crippen LogP contribution in [0.15, 0.2) is 23.1 Å². The van der Waals surface area contributed by atoms with Crippen molar-refractivity contribution >= 4 is 15.7 Å². The van der Waals surface area contributed by atoms with Crippen molar-refractivity contribution < 1.29 is 12.8 Å². The SMILES string of the molecule is CC(C)N(CC1CC1)S(=O)(=O)c1ccc(N)c(F)c1. The monoisotopic (exact) mass is 286 g/mol. The van der Waals surface area contributed by atoms with E-state index in [1.165, 1.54) is 16.4 Å². The lowest BCUT2D eigenvalue weighted by molar-refractivity contribution is 0.341. The van der Waals surface area contributed by atoms with Crippen LogP contribution in [0, 0.1) is 11.7 Å². The quantitative estimate of drug-likeness (QED) is 0.844. The van der Waals surface area contributed by atoms with Crippen molar-refractivity contribution in [3.05, 3.63) is 24.0 Å². The van der Waals surface area contributed by atoms with Crippen LogP contribution in [0.1, 0.15) is 26.7 Å². The fourth-order valence-corrected chi connectivity index (χ4v) is 3.67. The third-order valence-corrected chi connectivity index (χ3v) is 5.33. The average molecular weight is 286 g/mol.